The van der Waals surface area contributed by atoms with Crippen LogP contribution in [0.1, 0.15) is 0 Å². The predicted octanol–water partition coefficient (Wildman–Crippen LogP) is 1.19. The third-order valence-electron chi connectivity index (χ3n) is 3.32. The van der Waals surface area contributed by atoms with Gasteiger partial charge in [0.1, 0.15) is 0 Å². The van der Waals surface area contributed by atoms with Crippen LogP contribution in [-0.2, 0) is 7.05 Å². The molecule has 0 saturated carbocycles. The lowest BCUT2D eigenvalue weighted by Gasteiger charge is -2.29. The van der Waals surface area contributed by atoms with Crippen molar-refractivity contribution in [3.8, 4) is 0 Å². The number of halogens is 1. The van der Waals surface area contributed by atoms with Crippen LogP contribution < -0.4 is 16.0 Å². The monoisotopic (exact) mass is 267 g/mol. The average Bonchev–Trinajstić information content (AvgIpc) is 2.68. The molecular weight excluding hydrogens is 254 g/mol. The van der Waals surface area contributed by atoms with Crippen molar-refractivity contribution in [1.29, 1.82) is 0 Å². The highest BCUT2D eigenvalue weighted by Crippen LogP contribution is 2.29. The molecule has 18 heavy (non-hydrogen) atoms. The summed E-state index contributed by atoms with van der Waals surface area (Å²) in [6.07, 6.45) is 0. The largest absolute Gasteiger partial charge is 0.419 e. The maximum atomic E-state index is 11.5. The second-order valence-corrected chi connectivity index (χ2v) is 4.85. The van der Waals surface area contributed by atoms with Crippen LogP contribution in [0.3, 0.4) is 0 Å². The van der Waals surface area contributed by atoms with E-state index in [1.165, 1.54) is 4.57 Å². The van der Waals surface area contributed by atoms with Crippen LogP contribution in [-0.4, -0.2) is 30.7 Å². The lowest BCUT2D eigenvalue weighted by atomic mass is 10.2. The number of nitrogens with zero attached hydrogens (tertiary/aromatic N) is 2. The number of piperazine rings is 1. The number of anilines is 1. The number of rotatable bonds is 1. The van der Waals surface area contributed by atoms with E-state index in [2.05, 4.69) is 10.2 Å². The van der Waals surface area contributed by atoms with E-state index in [-0.39, 0.29) is 5.76 Å². The van der Waals surface area contributed by atoms with Crippen LogP contribution in [0.25, 0.3) is 11.1 Å². The van der Waals surface area contributed by atoms with E-state index in [1.54, 1.807) is 7.05 Å². The highest BCUT2D eigenvalue weighted by atomic mass is 35.5. The highest BCUT2D eigenvalue weighted by Gasteiger charge is 2.16. The summed E-state index contributed by atoms with van der Waals surface area (Å²) in [6.45, 7) is 3.79. The Morgan fingerprint density at radius 2 is 2.06 bits per heavy atom. The van der Waals surface area contributed by atoms with Crippen molar-refractivity contribution in [3.05, 3.63) is 27.7 Å². The van der Waals surface area contributed by atoms with Gasteiger partial charge in [-0.25, -0.2) is 4.79 Å². The number of oxazole rings is 1. The predicted molar refractivity (Wildman–Crippen MR) is 71.5 cm³/mol. The zero-order valence-corrected chi connectivity index (χ0v) is 10.8. The molecule has 1 aromatic heterocycles. The van der Waals surface area contributed by atoms with Gasteiger partial charge >= 0.3 is 5.76 Å². The fourth-order valence-electron chi connectivity index (χ4n) is 2.27. The van der Waals surface area contributed by atoms with E-state index < -0.39 is 0 Å². The first-order valence-electron chi connectivity index (χ1n) is 5.91. The zero-order chi connectivity index (χ0) is 12.7. The Labute approximate surface area is 109 Å². The first kappa shape index (κ1) is 11.6. The maximum absolute atomic E-state index is 11.5. The molecule has 2 aromatic rings. The number of nitrogens with one attached hydrogen (secondary N) is 1. The number of aryl methyl sites for hydroxylation is 1. The molecule has 0 unspecified atom stereocenters. The number of benzene rings is 1. The standard InChI is InChI=1S/C12H14ClN3O2/c1-15-10-7-8(16-4-2-14-3-5-16)6-9(13)11(10)18-12(15)17/h6-7,14H,2-5H2,1H3. The van der Waals surface area contributed by atoms with Gasteiger partial charge in [-0.3, -0.25) is 4.57 Å². The minimum absolute atomic E-state index is 0.385. The van der Waals surface area contributed by atoms with E-state index in [1.807, 2.05) is 12.1 Å². The Balaban J connectivity index is 2.13. The van der Waals surface area contributed by atoms with E-state index in [9.17, 15) is 4.79 Å². The molecule has 1 fully saturated rings. The highest BCUT2D eigenvalue weighted by molar-refractivity contribution is 6.35. The maximum Gasteiger partial charge on any atom is 0.419 e. The summed E-state index contributed by atoms with van der Waals surface area (Å²) < 4.78 is 6.60. The molecule has 1 aromatic carbocycles. The topological polar surface area (TPSA) is 50.4 Å². The fourth-order valence-corrected chi connectivity index (χ4v) is 2.52. The molecule has 0 aliphatic carbocycles. The number of fused-ring (bicyclic) bond motifs is 1. The summed E-state index contributed by atoms with van der Waals surface area (Å²) in [5.41, 5.74) is 2.23. The van der Waals surface area contributed by atoms with Gasteiger partial charge in [0, 0.05) is 38.9 Å². The average molecular weight is 268 g/mol. The van der Waals surface area contributed by atoms with Crippen LogP contribution in [0, 0.1) is 0 Å². The van der Waals surface area contributed by atoms with Gasteiger partial charge in [-0.1, -0.05) is 11.6 Å². The third kappa shape index (κ3) is 1.79. The first-order chi connectivity index (χ1) is 8.66. The normalized spacial score (nSPS) is 16.4. The summed E-state index contributed by atoms with van der Waals surface area (Å²) in [7, 11) is 1.69. The SMILES string of the molecule is Cn1c(=O)oc2c(Cl)cc(N3CCNCC3)cc21. The number of hydrogen-bond acceptors (Lipinski definition) is 4. The summed E-state index contributed by atoms with van der Waals surface area (Å²) >= 11 is 6.18. The Morgan fingerprint density at radius 1 is 1.33 bits per heavy atom. The lowest BCUT2D eigenvalue weighted by Crippen LogP contribution is -2.43. The molecular formula is C12H14ClN3O2. The number of hydrogen-bond donors (Lipinski definition) is 1. The molecule has 0 bridgehead atoms. The van der Waals surface area contributed by atoms with Gasteiger partial charge in [0.15, 0.2) is 5.58 Å². The van der Waals surface area contributed by atoms with Crippen molar-refractivity contribution in [2.75, 3.05) is 31.1 Å². The Bertz CT molecular complexity index is 641. The third-order valence-corrected chi connectivity index (χ3v) is 3.60. The second kappa shape index (κ2) is 4.33. The molecule has 5 nitrogen and oxygen atoms in total. The molecule has 1 aliphatic heterocycles. The molecule has 3 rings (SSSR count). The zero-order valence-electron chi connectivity index (χ0n) is 10.1. The number of aromatic nitrogens is 1. The van der Waals surface area contributed by atoms with Crippen molar-refractivity contribution in [2.24, 2.45) is 7.05 Å². The summed E-state index contributed by atoms with van der Waals surface area (Å²) in [4.78, 5) is 13.7. The molecule has 0 spiro atoms. The van der Waals surface area contributed by atoms with Crippen LogP contribution in [0.15, 0.2) is 21.3 Å². The van der Waals surface area contributed by atoms with Crippen molar-refractivity contribution < 1.29 is 4.42 Å². The van der Waals surface area contributed by atoms with Crippen molar-refractivity contribution >= 4 is 28.4 Å². The quantitative estimate of drug-likeness (QED) is 0.843. The fraction of sp³-hybridized carbons (Fsp3) is 0.417. The molecule has 6 heteroatoms. The summed E-state index contributed by atoms with van der Waals surface area (Å²) in [5, 5.41) is 3.79. The molecule has 0 amide bonds. The van der Waals surface area contributed by atoms with Crippen LogP contribution in [0.5, 0.6) is 0 Å². The molecule has 2 heterocycles. The van der Waals surface area contributed by atoms with Crippen LogP contribution >= 0.6 is 11.6 Å². The summed E-state index contributed by atoms with van der Waals surface area (Å²) in [6, 6.07) is 3.82. The summed E-state index contributed by atoms with van der Waals surface area (Å²) in [5.74, 6) is -0.385. The van der Waals surface area contributed by atoms with Crippen LogP contribution in [0.4, 0.5) is 5.69 Å². The van der Waals surface area contributed by atoms with E-state index >= 15 is 0 Å². The molecule has 0 radical (unpaired) electrons. The Hall–Kier alpha value is -1.46. The Morgan fingerprint density at radius 3 is 2.78 bits per heavy atom. The van der Waals surface area contributed by atoms with E-state index in [0.717, 1.165) is 37.4 Å². The van der Waals surface area contributed by atoms with E-state index in [4.69, 9.17) is 16.0 Å². The van der Waals surface area contributed by atoms with Crippen LogP contribution in [0.2, 0.25) is 5.02 Å². The Kier molecular flexibility index (Phi) is 2.80. The minimum Gasteiger partial charge on any atom is -0.406 e. The van der Waals surface area contributed by atoms with Gasteiger partial charge in [-0.15, -0.1) is 0 Å². The van der Waals surface area contributed by atoms with Gasteiger partial charge in [0.25, 0.3) is 0 Å². The van der Waals surface area contributed by atoms with E-state index in [0.29, 0.717) is 10.6 Å². The van der Waals surface area contributed by atoms with Crippen molar-refractivity contribution in [3.63, 3.8) is 0 Å². The molecule has 1 N–H and O–H groups in total. The second-order valence-electron chi connectivity index (χ2n) is 4.44. The minimum atomic E-state index is -0.385. The van der Waals surface area contributed by atoms with Gasteiger partial charge in [0.05, 0.1) is 10.5 Å². The molecule has 1 aliphatic rings. The molecule has 96 valence electrons. The lowest BCUT2D eigenvalue weighted by molar-refractivity contribution is 0.528. The molecule has 0 atom stereocenters. The molecule has 1 saturated heterocycles. The van der Waals surface area contributed by atoms with Crippen molar-refractivity contribution in [1.82, 2.24) is 9.88 Å². The first-order valence-corrected chi connectivity index (χ1v) is 6.29. The smallest absolute Gasteiger partial charge is 0.406 e. The van der Waals surface area contributed by atoms with Gasteiger partial charge < -0.3 is 14.6 Å². The van der Waals surface area contributed by atoms with Gasteiger partial charge in [-0.05, 0) is 12.1 Å². The van der Waals surface area contributed by atoms with Gasteiger partial charge in [-0.2, -0.15) is 0 Å². The van der Waals surface area contributed by atoms with Crippen molar-refractivity contribution in [2.45, 2.75) is 0 Å². The van der Waals surface area contributed by atoms with Gasteiger partial charge in [0.2, 0.25) is 0 Å².